The maximum absolute atomic E-state index is 15.4. The molecule has 0 saturated carbocycles. The van der Waals surface area contributed by atoms with Gasteiger partial charge in [-0.1, -0.05) is 6.92 Å². The predicted octanol–water partition coefficient (Wildman–Crippen LogP) is 5.53. The Hall–Kier alpha value is -4.37. The highest BCUT2D eigenvalue weighted by atomic mass is 19.4. The van der Waals surface area contributed by atoms with Gasteiger partial charge >= 0.3 is 12.2 Å². The number of amides is 2. The lowest BCUT2D eigenvalue weighted by Gasteiger charge is -2.19. The van der Waals surface area contributed by atoms with Crippen LogP contribution in [-0.2, 0) is 17.5 Å². The van der Waals surface area contributed by atoms with E-state index in [0.717, 1.165) is 6.07 Å². The van der Waals surface area contributed by atoms with Gasteiger partial charge in [-0.15, -0.1) is 0 Å². The van der Waals surface area contributed by atoms with Crippen LogP contribution in [0, 0.1) is 17.5 Å². The highest BCUT2D eigenvalue weighted by molar-refractivity contribution is 6.00. The largest absolute Gasteiger partial charge is 0.416 e. The van der Waals surface area contributed by atoms with Gasteiger partial charge in [0.2, 0.25) is 0 Å². The Morgan fingerprint density at radius 3 is 2.39 bits per heavy atom. The lowest BCUT2D eigenvalue weighted by atomic mass is 10.0. The molecule has 4 N–H and O–H groups in total. The average Bonchev–Trinajstić information content (AvgIpc) is 3.28. The van der Waals surface area contributed by atoms with Crippen LogP contribution < -0.4 is 16.4 Å². The van der Waals surface area contributed by atoms with Gasteiger partial charge in [-0.05, 0) is 36.9 Å². The molecule has 0 radical (unpaired) electrons. The zero-order valence-electron chi connectivity index (χ0n) is 21.8. The molecule has 0 atom stereocenters. The summed E-state index contributed by atoms with van der Waals surface area (Å²) in [7, 11) is 1.58. The summed E-state index contributed by atoms with van der Waals surface area (Å²) in [6.45, 7) is 4.08. The number of likely N-dealkylation sites (N-methyl/N-ethyl adjacent to an activating group) is 1. The van der Waals surface area contributed by atoms with Gasteiger partial charge in [0.25, 0.3) is 0 Å². The SMILES string of the molecule is CCN(CCOC)Cc1cc(-c2cc(F)c(NC(=O)Nc3cc(C(F)(F)F)ccc3F)cc2F)c2c(N)ncnn12. The number of anilines is 3. The van der Waals surface area contributed by atoms with Crippen molar-refractivity contribution in [1.82, 2.24) is 19.5 Å². The second-order valence-corrected chi connectivity index (χ2v) is 8.90. The van der Waals surface area contributed by atoms with E-state index < -0.39 is 46.6 Å². The molecular formula is C26H25F6N7O2. The quantitative estimate of drug-likeness (QED) is 0.225. The summed E-state index contributed by atoms with van der Waals surface area (Å²) >= 11 is 0. The summed E-state index contributed by atoms with van der Waals surface area (Å²) in [6, 6.07) is 3.23. The molecule has 2 aromatic heterocycles. The van der Waals surface area contributed by atoms with Crippen molar-refractivity contribution in [2.75, 3.05) is 43.2 Å². The van der Waals surface area contributed by atoms with Crippen molar-refractivity contribution in [3.05, 3.63) is 71.4 Å². The van der Waals surface area contributed by atoms with E-state index in [1.54, 1.807) is 13.2 Å². The molecule has 0 unspecified atom stereocenters. The number of aromatic nitrogens is 3. The Bertz CT molecular complexity index is 1570. The van der Waals surface area contributed by atoms with Crippen LogP contribution in [0.15, 0.2) is 42.7 Å². The van der Waals surface area contributed by atoms with E-state index in [-0.39, 0.29) is 22.5 Å². The lowest BCUT2D eigenvalue weighted by molar-refractivity contribution is -0.137. The first-order chi connectivity index (χ1) is 19.4. The number of nitrogen functional groups attached to an aromatic ring is 1. The van der Waals surface area contributed by atoms with Crippen molar-refractivity contribution in [2.45, 2.75) is 19.6 Å². The Morgan fingerprint density at radius 1 is 1.02 bits per heavy atom. The molecule has 4 rings (SSSR count). The molecule has 0 spiro atoms. The van der Waals surface area contributed by atoms with Crippen LogP contribution in [0.3, 0.4) is 0 Å². The van der Waals surface area contributed by atoms with Crippen LogP contribution >= 0.6 is 0 Å². The number of carbonyl (C=O) groups is 1. The molecule has 0 fully saturated rings. The number of nitrogens with two attached hydrogens (primary N) is 1. The number of methoxy groups -OCH3 is 1. The van der Waals surface area contributed by atoms with Crippen molar-refractivity contribution in [2.24, 2.45) is 0 Å². The van der Waals surface area contributed by atoms with Crippen LogP contribution in [0.4, 0.5) is 48.3 Å². The fourth-order valence-electron chi connectivity index (χ4n) is 4.17. The van der Waals surface area contributed by atoms with Gasteiger partial charge in [0.1, 0.15) is 29.3 Å². The summed E-state index contributed by atoms with van der Waals surface area (Å²) in [6.07, 6.45) is -3.56. The topological polar surface area (TPSA) is 110 Å². The van der Waals surface area contributed by atoms with Crippen LogP contribution in [-0.4, -0.2) is 52.3 Å². The zero-order valence-corrected chi connectivity index (χ0v) is 21.8. The minimum atomic E-state index is -4.79. The molecule has 41 heavy (non-hydrogen) atoms. The molecule has 0 saturated heterocycles. The number of carbonyl (C=O) groups excluding carboxylic acids is 1. The standard InChI is InChI=1S/C26H25F6N7O2/c1-3-38(6-7-41-2)12-15-9-17(23-24(33)34-13-35-39(15)23)16-10-20(29)22(11-19(16)28)37-25(40)36-21-8-14(26(30,31)32)4-5-18(21)27/h4-5,8-11,13H,3,6-7,12H2,1-2H3,(H2,33,34,35)(H2,36,37,40). The highest BCUT2D eigenvalue weighted by Gasteiger charge is 2.31. The van der Waals surface area contributed by atoms with Crippen LogP contribution in [0.2, 0.25) is 0 Å². The first kappa shape index (κ1) is 29.6. The molecular weight excluding hydrogens is 556 g/mol. The van der Waals surface area contributed by atoms with Crippen molar-refractivity contribution >= 4 is 28.7 Å². The van der Waals surface area contributed by atoms with Crippen LogP contribution in [0.5, 0.6) is 0 Å². The van der Waals surface area contributed by atoms with E-state index in [4.69, 9.17) is 10.5 Å². The number of rotatable bonds is 9. The van der Waals surface area contributed by atoms with Crippen LogP contribution in [0.1, 0.15) is 18.2 Å². The number of nitrogens with zero attached hydrogens (tertiary/aromatic N) is 4. The first-order valence-corrected chi connectivity index (χ1v) is 12.2. The Balaban J connectivity index is 1.64. The first-order valence-electron chi connectivity index (χ1n) is 12.2. The van der Waals surface area contributed by atoms with E-state index in [0.29, 0.717) is 56.2 Å². The molecule has 0 aliphatic carbocycles. The number of hydrogen-bond acceptors (Lipinski definition) is 6. The summed E-state index contributed by atoms with van der Waals surface area (Å²) in [4.78, 5) is 18.3. The Morgan fingerprint density at radius 2 is 1.73 bits per heavy atom. The fraction of sp³-hybridized carbons (Fsp3) is 0.269. The number of alkyl halides is 3. The minimum absolute atomic E-state index is 0.0192. The fourth-order valence-corrected chi connectivity index (χ4v) is 4.17. The molecule has 2 aromatic carbocycles. The molecule has 0 aliphatic heterocycles. The van der Waals surface area contributed by atoms with E-state index in [1.165, 1.54) is 10.8 Å². The second kappa shape index (κ2) is 12.0. The number of hydrogen-bond donors (Lipinski definition) is 3. The smallest absolute Gasteiger partial charge is 0.383 e. The van der Waals surface area contributed by atoms with E-state index in [9.17, 15) is 22.4 Å². The number of halogens is 6. The summed E-state index contributed by atoms with van der Waals surface area (Å²) in [5, 5.41) is 8.08. The summed E-state index contributed by atoms with van der Waals surface area (Å²) in [5.41, 5.74) is 4.26. The van der Waals surface area contributed by atoms with Gasteiger partial charge < -0.3 is 21.1 Å². The second-order valence-electron chi connectivity index (χ2n) is 8.90. The van der Waals surface area contributed by atoms with Crippen molar-refractivity contribution < 1.29 is 35.9 Å². The maximum atomic E-state index is 15.4. The minimum Gasteiger partial charge on any atom is -0.383 e. The van der Waals surface area contributed by atoms with Gasteiger partial charge in [0.05, 0.1) is 29.2 Å². The molecule has 4 aromatic rings. The number of ether oxygens (including phenoxy) is 1. The zero-order chi connectivity index (χ0) is 29.9. The molecule has 218 valence electrons. The summed E-state index contributed by atoms with van der Waals surface area (Å²) in [5.74, 6) is -3.17. The average molecular weight is 582 g/mol. The monoisotopic (exact) mass is 581 g/mol. The number of fused-ring (bicyclic) bond motifs is 1. The third-order valence-corrected chi connectivity index (χ3v) is 6.24. The van der Waals surface area contributed by atoms with Crippen LogP contribution in [0.25, 0.3) is 16.6 Å². The van der Waals surface area contributed by atoms with E-state index >= 15 is 8.78 Å². The van der Waals surface area contributed by atoms with E-state index in [1.807, 2.05) is 22.5 Å². The van der Waals surface area contributed by atoms with Gasteiger partial charge in [0, 0.05) is 37.4 Å². The van der Waals surface area contributed by atoms with Gasteiger partial charge in [0.15, 0.2) is 5.82 Å². The van der Waals surface area contributed by atoms with E-state index in [2.05, 4.69) is 10.1 Å². The van der Waals surface area contributed by atoms with Gasteiger partial charge in [-0.25, -0.2) is 27.5 Å². The summed E-state index contributed by atoms with van der Waals surface area (Å²) < 4.78 is 89.9. The van der Waals surface area contributed by atoms with Crippen molar-refractivity contribution in [3.63, 3.8) is 0 Å². The Labute approximate surface area is 229 Å². The molecule has 0 aliphatic rings. The number of urea groups is 1. The normalized spacial score (nSPS) is 11.8. The Kier molecular flexibility index (Phi) is 8.68. The third-order valence-electron chi connectivity index (χ3n) is 6.24. The maximum Gasteiger partial charge on any atom is 0.416 e. The molecule has 2 amide bonds. The molecule has 2 heterocycles. The van der Waals surface area contributed by atoms with Crippen molar-refractivity contribution in [3.8, 4) is 11.1 Å². The van der Waals surface area contributed by atoms with Gasteiger partial charge in [-0.2, -0.15) is 18.3 Å². The molecule has 15 heteroatoms. The van der Waals surface area contributed by atoms with Gasteiger partial charge in [-0.3, -0.25) is 4.90 Å². The van der Waals surface area contributed by atoms with Crippen molar-refractivity contribution in [1.29, 1.82) is 0 Å². The number of nitrogens with one attached hydrogen (secondary N) is 2. The lowest BCUT2D eigenvalue weighted by Crippen LogP contribution is -2.27. The predicted molar refractivity (Wildman–Crippen MR) is 140 cm³/mol. The molecule has 0 bridgehead atoms. The number of benzene rings is 2. The third kappa shape index (κ3) is 6.52. The highest BCUT2D eigenvalue weighted by Crippen LogP contribution is 2.35. The molecule has 9 nitrogen and oxygen atoms in total.